The summed E-state index contributed by atoms with van der Waals surface area (Å²) in [6, 6.07) is 7.11. The number of anilines is 1. The summed E-state index contributed by atoms with van der Waals surface area (Å²) < 4.78 is 0. The lowest BCUT2D eigenvalue weighted by atomic mass is 10.1. The summed E-state index contributed by atoms with van der Waals surface area (Å²) in [4.78, 5) is 38.9. The Bertz CT molecular complexity index is 681. The van der Waals surface area contributed by atoms with Gasteiger partial charge >= 0.3 is 0 Å². The standard InChI is InChI=1S/C18H21N3O3/c1-13-18(24)19-10-12-20(13)17(23)9-6-14-4-7-15(8-5-14)21-11-2-3-16(21)22/h4-9,13H,2-3,10-12H2,1H3,(H,19,24)/b9-6+. The number of amides is 3. The van der Waals surface area contributed by atoms with Gasteiger partial charge in [-0.15, -0.1) is 0 Å². The van der Waals surface area contributed by atoms with Gasteiger partial charge in [0.15, 0.2) is 0 Å². The van der Waals surface area contributed by atoms with Crippen molar-refractivity contribution in [3.63, 3.8) is 0 Å². The average Bonchev–Trinajstić information content (AvgIpc) is 3.02. The van der Waals surface area contributed by atoms with Crippen LogP contribution in [0.2, 0.25) is 0 Å². The number of benzene rings is 1. The van der Waals surface area contributed by atoms with E-state index in [4.69, 9.17) is 0 Å². The van der Waals surface area contributed by atoms with Gasteiger partial charge in [-0.3, -0.25) is 14.4 Å². The Morgan fingerprint density at radius 1 is 1.21 bits per heavy atom. The highest BCUT2D eigenvalue weighted by Gasteiger charge is 2.27. The highest BCUT2D eigenvalue weighted by atomic mass is 16.2. The van der Waals surface area contributed by atoms with Crippen molar-refractivity contribution in [2.45, 2.75) is 25.8 Å². The summed E-state index contributed by atoms with van der Waals surface area (Å²) in [6.07, 6.45) is 4.73. The number of piperazine rings is 1. The molecule has 2 aliphatic heterocycles. The predicted molar refractivity (Wildman–Crippen MR) is 91.2 cm³/mol. The zero-order valence-corrected chi connectivity index (χ0v) is 13.7. The van der Waals surface area contributed by atoms with E-state index < -0.39 is 6.04 Å². The van der Waals surface area contributed by atoms with Crippen LogP contribution in [0, 0.1) is 0 Å². The molecule has 24 heavy (non-hydrogen) atoms. The predicted octanol–water partition coefficient (Wildman–Crippen LogP) is 1.17. The molecule has 0 spiro atoms. The molecule has 0 bridgehead atoms. The van der Waals surface area contributed by atoms with E-state index in [-0.39, 0.29) is 17.7 Å². The van der Waals surface area contributed by atoms with Crippen LogP contribution in [0.3, 0.4) is 0 Å². The number of hydrogen-bond donors (Lipinski definition) is 1. The molecular weight excluding hydrogens is 306 g/mol. The molecule has 1 aromatic rings. The van der Waals surface area contributed by atoms with E-state index in [1.165, 1.54) is 6.08 Å². The number of carbonyl (C=O) groups excluding carboxylic acids is 3. The third-order valence-corrected chi connectivity index (χ3v) is 4.48. The summed E-state index contributed by atoms with van der Waals surface area (Å²) in [5, 5.41) is 2.74. The number of nitrogens with zero attached hydrogens (tertiary/aromatic N) is 2. The first-order valence-corrected chi connectivity index (χ1v) is 8.23. The molecule has 1 aromatic carbocycles. The normalized spacial score (nSPS) is 21.5. The molecule has 1 unspecified atom stereocenters. The fraction of sp³-hybridized carbons (Fsp3) is 0.389. The van der Waals surface area contributed by atoms with Crippen molar-refractivity contribution >= 4 is 29.5 Å². The summed E-state index contributed by atoms with van der Waals surface area (Å²) >= 11 is 0. The van der Waals surface area contributed by atoms with Crippen molar-refractivity contribution < 1.29 is 14.4 Å². The minimum atomic E-state index is -0.445. The second-order valence-corrected chi connectivity index (χ2v) is 6.07. The molecular formula is C18H21N3O3. The molecule has 3 rings (SSSR count). The number of carbonyl (C=O) groups is 3. The minimum absolute atomic E-state index is 0.123. The number of nitrogens with one attached hydrogen (secondary N) is 1. The Morgan fingerprint density at radius 3 is 2.62 bits per heavy atom. The summed E-state index contributed by atoms with van der Waals surface area (Å²) in [7, 11) is 0. The lowest BCUT2D eigenvalue weighted by Gasteiger charge is -2.31. The van der Waals surface area contributed by atoms with Crippen LogP contribution in [0.1, 0.15) is 25.3 Å². The second-order valence-electron chi connectivity index (χ2n) is 6.07. The molecule has 126 valence electrons. The Balaban J connectivity index is 1.65. The van der Waals surface area contributed by atoms with Crippen LogP contribution in [0.4, 0.5) is 5.69 Å². The van der Waals surface area contributed by atoms with Crippen LogP contribution in [0.25, 0.3) is 6.08 Å². The van der Waals surface area contributed by atoms with Gasteiger partial charge in [0, 0.05) is 37.8 Å². The molecule has 2 fully saturated rings. The van der Waals surface area contributed by atoms with Gasteiger partial charge in [0.25, 0.3) is 0 Å². The minimum Gasteiger partial charge on any atom is -0.353 e. The molecule has 0 aliphatic carbocycles. The third-order valence-electron chi connectivity index (χ3n) is 4.48. The van der Waals surface area contributed by atoms with E-state index in [1.807, 2.05) is 24.3 Å². The van der Waals surface area contributed by atoms with Crippen LogP contribution < -0.4 is 10.2 Å². The third kappa shape index (κ3) is 3.32. The molecule has 1 N–H and O–H groups in total. The smallest absolute Gasteiger partial charge is 0.247 e. The van der Waals surface area contributed by atoms with Gasteiger partial charge in [0.05, 0.1) is 0 Å². The lowest BCUT2D eigenvalue weighted by Crippen LogP contribution is -2.55. The van der Waals surface area contributed by atoms with Gasteiger partial charge in [-0.05, 0) is 37.1 Å². The second kappa shape index (κ2) is 6.86. The first-order valence-electron chi connectivity index (χ1n) is 8.23. The van der Waals surface area contributed by atoms with Gasteiger partial charge < -0.3 is 15.1 Å². The van der Waals surface area contributed by atoms with Gasteiger partial charge in [-0.25, -0.2) is 0 Å². The quantitative estimate of drug-likeness (QED) is 0.848. The Hall–Kier alpha value is -2.63. The Kier molecular flexibility index (Phi) is 4.64. The van der Waals surface area contributed by atoms with E-state index >= 15 is 0 Å². The maximum atomic E-state index is 12.3. The molecule has 0 saturated carbocycles. The van der Waals surface area contributed by atoms with Gasteiger partial charge in [-0.2, -0.15) is 0 Å². The molecule has 2 saturated heterocycles. The highest BCUT2D eigenvalue weighted by Crippen LogP contribution is 2.22. The zero-order valence-electron chi connectivity index (χ0n) is 13.7. The summed E-state index contributed by atoms with van der Waals surface area (Å²) in [5.74, 6) is -0.135. The van der Waals surface area contributed by atoms with Gasteiger partial charge in [0.1, 0.15) is 6.04 Å². The van der Waals surface area contributed by atoms with Gasteiger partial charge in [-0.1, -0.05) is 12.1 Å². The lowest BCUT2D eigenvalue weighted by molar-refractivity contribution is -0.139. The molecule has 6 heteroatoms. The van der Waals surface area contributed by atoms with E-state index in [9.17, 15) is 14.4 Å². The van der Waals surface area contributed by atoms with E-state index in [2.05, 4.69) is 5.32 Å². The molecule has 6 nitrogen and oxygen atoms in total. The fourth-order valence-corrected chi connectivity index (χ4v) is 3.03. The largest absolute Gasteiger partial charge is 0.353 e. The maximum absolute atomic E-state index is 12.3. The first kappa shape index (κ1) is 16.2. The van der Waals surface area contributed by atoms with Crippen molar-refractivity contribution in [2.24, 2.45) is 0 Å². The van der Waals surface area contributed by atoms with Crippen LogP contribution in [-0.2, 0) is 14.4 Å². The molecule has 1 atom stereocenters. The topological polar surface area (TPSA) is 69.7 Å². The van der Waals surface area contributed by atoms with E-state index in [1.54, 1.807) is 22.8 Å². The Labute approximate surface area is 141 Å². The van der Waals surface area contributed by atoms with Crippen molar-refractivity contribution in [3.05, 3.63) is 35.9 Å². The van der Waals surface area contributed by atoms with E-state index in [0.717, 1.165) is 24.2 Å². The van der Waals surface area contributed by atoms with E-state index in [0.29, 0.717) is 19.5 Å². The SMILES string of the molecule is CC1C(=O)NCCN1C(=O)/C=C/c1ccc(N2CCCC2=O)cc1. The van der Waals surface area contributed by atoms with Gasteiger partial charge in [0.2, 0.25) is 17.7 Å². The van der Waals surface area contributed by atoms with Crippen LogP contribution in [-0.4, -0.2) is 48.3 Å². The average molecular weight is 327 g/mol. The molecule has 2 aliphatic rings. The number of rotatable bonds is 3. The summed E-state index contributed by atoms with van der Waals surface area (Å²) in [6.45, 7) is 3.50. The molecule has 0 aromatic heterocycles. The first-order chi connectivity index (χ1) is 11.6. The molecule has 0 radical (unpaired) electrons. The molecule has 2 heterocycles. The van der Waals surface area contributed by atoms with Crippen molar-refractivity contribution in [1.29, 1.82) is 0 Å². The highest BCUT2D eigenvalue weighted by molar-refractivity contribution is 5.97. The fourth-order valence-electron chi connectivity index (χ4n) is 3.03. The van der Waals surface area contributed by atoms with Crippen molar-refractivity contribution in [3.8, 4) is 0 Å². The van der Waals surface area contributed by atoms with Crippen LogP contribution >= 0.6 is 0 Å². The van der Waals surface area contributed by atoms with Crippen LogP contribution in [0.5, 0.6) is 0 Å². The number of hydrogen-bond acceptors (Lipinski definition) is 3. The van der Waals surface area contributed by atoms with Crippen LogP contribution in [0.15, 0.2) is 30.3 Å². The van der Waals surface area contributed by atoms with Crippen molar-refractivity contribution in [2.75, 3.05) is 24.5 Å². The maximum Gasteiger partial charge on any atom is 0.247 e. The monoisotopic (exact) mass is 327 g/mol. The van der Waals surface area contributed by atoms with Crippen molar-refractivity contribution in [1.82, 2.24) is 10.2 Å². The Morgan fingerprint density at radius 2 is 1.96 bits per heavy atom. The molecule has 3 amide bonds. The summed E-state index contributed by atoms with van der Waals surface area (Å²) in [5.41, 5.74) is 1.77. The zero-order chi connectivity index (χ0) is 17.1.